The Morgan fingerprint density at radius 3 is 2.80 bits per heavy atom. The summed E-state index contributed by atoms with van der Waals surface area (Å²) in [5, 5.41) is 4.09. The van der Waals surface area contributed by atoms with Crippen LogP contribution in [0.5, 0.6) is 0 Å². The average molecular weight is 341 g/mol. The van der Waals surface area contributed by atoms with Crippen molar-refractivity contribution >= 4 is 5.91 Å². The predicted molar refractivity (Wildman–Crippen MR) is 90.5 cm³/mol. The third-order valence-electron chi connectivity index (χ3n) is 5.14. The van der Waals surface area contributed by atoms with Crippen LogP contribution < -0.4 is 0 Å². The zero-order chi connectivity index (χ0) is 17.1. The molecule has 2 aromatic rings. The van der Waals surface area contributed by atoms with Crippen molar-refractivity contribution in [2.24, 2.45) is 5.92 Å². The Morgan fingerprint density at radius 1 is 1.20 bits per heavy atom. The molecule has 1 aromatic heterocycles. The lowest BCUT2D eigenvalue weighted by molar-refractivity contribution is -0.137. The van der Waals surface area contributed by atoms with Gasteiger partial charge in [0.05, 0.1) is 6.61 Å². The summed E-state index contributed by atoms with van der Waals surface area (Å²) in [5.41, 5.74) is 1.11. The van der Waals surface area contributed by atoms with Crippen molar-refractivity contribution in [2.75, 3.05) is 13.1 Å². The summed E-state index contributed by atoms with van der Waals surface area (Å²) in [6.45, 7) is 2.33. The van der Waals surface area contributed by atoms with E-state index < -0.39 is 0 Å². The van der Waals surface area contributed by atoms with Gasteiger partial charge in [-0.2, -0.15) is 4.98 Å². The Morgan fingerprint density at radius 2 is 2.04 bits per heavy atom. The molecule has 2 fully saturated rings. The van der Waals surface area contributed by atoms with Gasteiger partial charge in [0.15, 0.2) is 5.82 Å². The number of likely N-dealkylation sites (tertiary alicyclic amines) is 1. The van der Waals surface area contributed by atoms with Gasteiger partial charge in [-0.15, -0.1) is 0 Å². The Bertz CT molecular complexity index is 712. The van der Waals surface area contributed by atoms with Crippen LogP contribution >= 0.6 is 0 Å². The van der Waals surface area contributed by atoms with E-state index >= 15 is 0 Å². The minimum Gasteiger partial charge on any atom is -0.367 e. The van der Waals surface area contributed by atoms with E-state index in [-0.39, 0.29) is 11.8 Å². The summed E-state index contributed by atoms with van der Waals surface area (Å²) >= 11 is 0. The van der Waals surface area contributed by atoms with E-state index in [0.29, 0.717) is 37.4 Å². The van der Waals surface area contributed by atoms with Crippen LogP contribution in [0, 0.1) is 5.92 Å². The maximum Gasteiger partial charge on any atom is 0.252 e. The first-order valence-corrected chi connectivity index (χ1v) is 9.02. The van der Waals surface area contributed by atoms with Gasteiger partial charge in [-0.1, -0.05) is 41.9 Å². The highest BCUT2D eigenvalue weighted by Crippen LogP contribution is 2.32. The third kappa shape index (κ3) is 3.74. The lowest BCUT2D eigenvalue weighted by Crippen LogP contribution is -2.37. The van der Waals surface area contributed by atoms with Crippen LogP contribution in [0.15, 0.2) is 34.9 Å². The van der Waals surface area contributed by atoms with Crippen LogP contribution in [0.2, 0.25) is 0 Å². The van der Waals surface area contributed by atoms with Crippen molar-refractivity contribution in [2.45, 2.75) is 44.8 Å². The minimum absolute atomic E-state index is 0.177. The van der Waals surface area contributed by atoms with Gasteiger partial charge in [-0.25, -0.2) is 0 Å². The van der Waals surface area contributed by atoms with E-state index in [0.717, 1.165) is 31.4 Å². The van der Waals surface area contributed by atoms with E-state index in [4.69, 9.17) is 9.26 Å². The summed E-state index contributed by atoms with van der Waals surface area (Å²) in [5.74, 6) is 1.93. The number of nitrogens with zero attached hydrogens (tertiary/aromatic N) is 3. The van der Waals surface area contributed by atoms with E-state index in [2.05, 4.69) is 10.1 Å². The second-order valence-electron chi connectivity index (χ2n) is 6.92. The zero-order valence-electron chi connectivity index (χ0n) is 14.3. The Balaban J connectivity index is 1.27. The van der Waals surface area contributed by atoms with Gasteiger partial charge in [0, 0.05) is 24.9 Å². The first-order valence-electron chi connectivity index (χ1n) is 9.02. The fourth-order valence-electron chi connectivity index (χ4n) is 3.41. The summed E-state index contributed by atoms with van der Waals surface area (Å²) in [7, 11) is 0. The average Bonchev–Trinajstić information content (AvgIpc) is 3.23. The molecule has 1 aliphatic heterocycles. The molecule has 4 rings (SSSR count). The molecule has 6 nitrogen and oxygen atoms in total. The number of hydrogen-bond acceptors (Lipinski definition) is 5. The number of benzene rings is 1. The second-order valence-corrected chi connectivity index (χ2v) is 6.92. The lowest BCUT2D eigenvalue weighted by Gasteiger charge is -2.29. The molecule has 0 bridgehead atoms. The fraction of sp³-hybridized carbons (Fsp3) is 0.526. The number of rotatable bonds is 6. The van der Waals surface area contributed by atoms with Crippen molar-refractivity contribution in [1.29, 1.82) is 0 Å². The van der Waals surface area contributed by atoms with Gasteiger partial charge in [-0.3, -0.25) is 4.79 Å². The second kappa shape index (κ2) is 7.35. The quantitative estimate of drug-likeness (QED) is 0.808. The van der Waals surface area contributed by atoms with Crippen molar-refractivity contribution in [1.82, 2.24) is 15.0 Å². The van der Waals surface area contributed by atoms with Crippen LogP contribution in [0.1, 0.15) is 48.9 Å². The van der Waals surface area contributed by atoms with Gasteiger partial charge >= 0.3 is 0 Å². The molecule has 0 spiro atoms. The largest absolute Gasteiger partial charge is 0.367 e. The minimum atomic E-state index is 0.177. The molecule has 2 heterocycles. The lowest BCUT2D eigenvalue weighted by atomic mass is 9.84. The van der Waals surface area contributed by atoms with Gasteiger partial charge in [-0.05, 0) is 24.8 Å². The molecule has 1 saturated heterocycles. The fourth-order valence-corrected chi connectivity index (χ4v) is 3.41. The van der Waals surface area contributed by atoms with Crippen molar-refractivity contribution in [3.63, 3.8) is 0 Å². The Labute approximate surface area is 147 Å². The first-order chi connectivity index (χ1) is 12.3. The smallest absolute Gasteiger partial charge is 0.252 e. The van der Waals surface area contributed by atoms with Crippen LogP contribution in [0.25, 0.3) is 0 Å². The Kier molecular flexibility index (Phi) is 4.78. The third-order valence-corrected chi connectivity index (χ3v) is 5.14. The zero-order valence-corrected chi connectivity index (χ0v) is 14.3. The number of carbonyl (C=O) groups is 1. The number of hydrogen-bond donors (Lipinski definition) is 0. The highest BCUT2D eigenvalue weighted by atomic mass is 16.5. The summed E-state index contributed by atoms with van der Waals surface area (Å²) in [6.07, 6.45) is 4.18. The molecule has 1 unspecified atom stereocenters. The standard InChI is InChI=1S/C19H23N3O3/c23-19(15-7-4-8-15)22-10-9-16(11-22)18-20-17(25-21-18)13-24-12-14-5-2-1-3-6-14/h1-3,5-6,15-16H,4,7-13H2. The maximum atomic E-state index is 12.3. The monoisotopic (exact) mass is 341 g/mol. The molecule has 1 amide bonds. The van der Waals surface area contributed by atoms with Gasteiger partial charge in [0.25, 0.3) is 5.89 Å². The van der Waals surface area contributed by atoms with Crippen molar-refractivity contribution in [3.05, 3.63) is 47.6 Å². The van der Waals surface area contributed by atoms with E-state index in [1.165, 1.54) is 6.42 Å². The molecule has 1 aromatic carbocycles. The molecule has 6 heteroatoms. The van der Waals surface area contributed by atoms with E-state index in [1.807, 2.05) is 35.2 Å². The molecule has 0 radical (unpaired) electrons. The van der Waals surface area contributed by atoms with Gasteiger partial charge in [0.2, 0.25) is 5.91 Å². The predicted octanol–water partition coefficient (Wildman–Crippen LogP) is 2.90. The van der Waals surface area contributed by atoms with Crippen LogP contribution in [0.3, 0.4) is 0 Å². The summed E-state index contributed by atoms with van der Waals surface area (Å²) < 4.78 is 10.9. The topological polar surface area (TPSA) is 68.5 Å². The van der Waals surface area contributed by atoms with Crippen LogP contribution in [0.4, 0.5) is 0 Å². The summed E-state index contributed by atoms with van der Waals surface area (Å²) in [6, 6.07) is 9.99. The van der Waals surface area contributed by atoms with Gasteiger partial charge in [0.1, 0.15) is 6.61 Å². The molecular formula is C19H23N3O3. The Hall–Kier alpha value is -2.21. The summed E-state index contributed by atoms with van der Waals surface area (Å²) in [4.78, 5) is 18.8. The molecular weight excluding hydrogens is 318 g/mol. The maximum absolute atomic E-state index is 12.3. The van der Waals surface area contributed by atoms with Gasteiger partial charge < -0.3 is 14.2 Å². The number of ether oxygens (including phenoxy) is 1. The number of aromatic nitrogens is 2. The van der Waals surface area contributed by atoms with Crippen molar-refractivity contribution < 1.29 is 14.1 Å². The van der Waals surface area contributed by atoms with E-state index in [1.54, 1.807) is 0 Å². The van der Waals surface area contributed by atoms with Crippen molar-refractivity contribution in [3.8, 4) is 0 Å². The molecule has 25 heavy (non-hydrogen) atoms. The molecule has 1 saturated carbocycles. The SMILES string of the molecule is O=C(C1CCC1)N1CCC(c2noc(COCc3ccccc3)n2)C1. The van der Waals surface area contributed by atoms with Crippen LogP contribution in [-0.2, 0) is 22.7 Å². The number of amides is 1. The highest BCUT2D eigenvalue weighted by molar-refractivity contribution is 5.79. The molecule has 0 N–H and O–H groups in total. The van der Waals surface area contributed by atoms with E-state index in [9.17, 15) is 4.79 Å². The number of carbonyl (C=O) groups excluding carboxylic acids is 1. The first kappa shape index (κ1) is 16.3. The van der Waals surface area contributed by atoms with Crippen LogP contribution in [-0.4, -0.2) is 34.0 Å². The molecule has 2 aliphatic rings. The molecule has 1 atom stereocenters. The highest BCUT2D eigenvalue weighted by Gasteiger charge is 2.35. The molecule has 132 valence electrons. The molecule has 1 aliphatic carbocycles. The normalized spacial score (nSPS) is 20.6.